The Kier molecular flexibility index (Phi) is 5.63. The molecule has 2 heterocycles. The lowest BCUT2D eigenvalue weighted by molar-refractivity contribution is -0.119. The van der Waals surface area contributed by atoms with E-state index in [0.717, 1.165) is 10.4 Å². The van der Waals surface area contributed by atoms with Crippen molar-refractivity contribution in [2.75, 3.05) is 23.8 Å². The van der Waals surface area contributed by atoms with Gasteiger partial charge in [0.15, 0.2) is 6.61 Å². The number of amides is 2. The highest BCUT2D eigenvalue weighted by Gasteiger charge is 2.40. The highest BCUT2D eigenvalue weighted by atomic mass is 35.5. The van der Waals surface area contributed by atoms with Gasteiger partial charge in [-0.05, 0) is 49.6 Å². The van der Waals surface area contributed by atoms with Gasteiger partial charge >= 0.3 is 0 Å². The van der Waals surface area contributed by atoms with Crippen LogP contribution >= 0.6 is 11.6 Å². The van der Waals surface area contributed by atoms with Crippen LogP contribution in [0.25, 0.3) is 0 Å². The zero-order valence-corrected chi connectivity index (χ0v) is 18.0. The molecule has 2 amide bonds. The van der Waals surface area contributed by atoms with Crippen LogP contribution in [0.2, 0.25) is 5.02 Å². The average Bonchev–Trinajstić information content (AvgIpc) is 3.21. The molecule has 0 aromatic heterocycles. The fourth-order valence-corrected chi connectivity index (χ4v) is 5.77. The minimum Gasteiger partial charge on any atom is -0.482 e. The molecule has 164 valence electrons. The van der Waals surface area contributed by atoms with Crippen molar-refractivity contribution in [1.82, 2.24) is 4.31 Å². The Bertz CT molecular complexity index is 1190. The fraction of sp³-hybridized carbons (Fsp3) is 0.300. The molecule has 0 bridgehead atoms. The third-order valence-corrected chi connectivity index (χ3v) is 7.53. The van der Waals surface area contributed by atoms with Gasteiger partial charge in [0.2, 0.25) is 15.9 Å². The summed E-state index contributed by atoms with van der Waals surface area (Å²) < 4.78 is 46.7. The van der Waals surface area contributed by atoms with Crippen LogP contribution in [-0.2, 0) is 19.6 Å². The van der Waals surface area contributed by atoms with E-state index in [1.807, 2.05) is 0 Å². The Labute approximate surface area is 183 Å². The van der Waals surface area contributed by atoms with Crippen molar-refractivity contribution in [2.45, 2.75) is 30.7 Å². The first kappa shape index (κ1) is 21.5. The standard InChI is InChI=1S/C20H19ClFN3O5S/c1-11-7-15-17(30-10-19(26)24-15)9-18(11)31(28,29)25-6-2-3-16(25)20(27)23-12-4-5-14(22)13(21)8-12/h4-5,7-9,16H,2-3,6,10H2,1H3,(H,23,27)(H,24,26)/t16-/m1/s1. The summed E-state index contributed by atoms with van der Waals surface area (Å²) in [5.41, 5.74) is 1.09. The van der Waals surface area contributed by atoms with Gasteiger partial charge in [-0.15, -0.1) is 0 Å². The second-order valence-corrected chi connectivity index (χ2v) is 9.61. The number of benzene rings is 2. The van der Waals surface area contributed by atoms with Crippen molar-refractivity contribution in [3.63, 3.8) is 0 Å². The number of sulfonamides is 1. The second-order valence-electron chi connectivity index (χ2n) is 7.34. The molecular formula is C20H19ClFN3O5S. The van der Waals surface area contributed by atoms with Gasteiger partial charge in [-0.1, -0.05) is 11.6 Å². The summed E-state index contributed by atoms with van der Waals surface area (Å²) in [5.74, 6) is -1.21. The van der Waals surface area contributed by atoms with E-state index in [1.165, 1.54) is 24.3 Å². The number of anilines is 2. The van der Waals surface area contributed by atoms with Gasteiger partial charge in [-0.3, -0.25) is 9.59 Å². The predicted molar refractivity (Wildman–Crippen MR) is 112 cm³/mol. The molecule has 4 rings (SSSR count). The second kappa shape index (κ2) is 8.10. The van der Waals surface area contributed by atoms with Gasteiger partial charge < -0.3 is 15.4 Å². The fourth-order valence-electron chi connectivity index (χ4n) is 3.71. The summed E-state index contributed by atoms with van der Waals surface area (Å²) in [5, 5.41) is 5.10. The molecule has 2 N–H and O–H groups in total. The van der Waals surface area contributed by atoms with Crippen LogP contribution in [-0.4, -0.2) is 43.7 Å². The van der Waals surface area contributed by atoms with E-state index in [2.05, 4.69) is 10.6 Å². The highest BCUT2D eigenvalue weighted by molar-refractivity contribution is 7.89. The van der Waals surface area contributed by atoms with Crippen LogP contribution in [0, 0.1) is 12.7 Å². The quantitative estimate of drug-likeness (QED) is 0.719. The van der Waals surface area contributed by atoms with Crippen LogP contribution in [0.5, 0.6) is 5.75 Å². The molecule has 2 aromatic carbocycles. The molecule has 11 heteroatoms. The van der Waals surface area contributed by atoms with Crippen molar-refractivity contribution in [1.29, 1.82) is 0 Å². The van der Waals surface area contributed by atoms with Crippen molar-refractivity contribution in [3.8, 4) is 5.75 Å². The molecule has 0 saturated carbocycles. The molecule has 31 heavy (non-hydrogen) atoms. The van der Waals surface area contributed by atoms with E-state index >= 15 is 0 Å². The van der Waals surface area contributed by atoms with Gasteiger partial charge in [0.25, 0.3) is 5.91 Å². The Morgan fingerprint density at radius 3 is 2.84 bits per heavy atom. The number of hydrogen-bond acceptors (Lipinski definition) is 5. The number of rotatable bonds is 4. The van der Waals surface area contributed by atoms with Gasteiger partial charge in [-0.25, -0.2) is 12.8 Å². The first-order chi connectivity index (χ1) is 14.7. The lowest BCUT2D eigenvalue weighted by atomic mass is 10.2. The highest BCUT2D eigenvalue weighted by Crippen LogP contribution is 2.36. The molecule has 2 aromatic rings. The third-order valence-electron chi connectivity index (χ3n) is 5.19. The molecule has 2 aliphatic rings. The summed E-state index contributed by atoms with van der Waals surface area (Å²) in [6.45, 7) is 1.59. The Balaban J connectivity index is 1.61. The largest absolute Gasteiger partial charge is 0.482 e. The first-order valence-electron chi connectivity index (χ1n) is 9.52. The maximum atomic E-state index is 13.4. The van der Waals surface area contributed by atoms with Crippen LogP contribution in [0.3, 0.4) is 0 Å². The topological polar surface area (TPSA) is 105 Å². The number of aryl methyl sites for hydroxylation is 1. The zero-order chi connectivity index (χ0) is 22.3. The summed E-state index contributed by atoms with van der Waals surface area (Å²) in [6.07, 6.45) is 0.856. The summed E-state index contributed by atoms with van der Waals surface area (Å²) in [4.78, 5) is 24.3. The van der Waals surface area contributed by atoms with Crippen molar-refractivity contribution < 1.29 is 27.1 Å². The summed E-state index contributed by atoms with van der Waals surface area (Å²) in [6, 6.07) is 5.71. The lowest BCUT2D eigenvalue weighted by Gasteiger charge is -2.26. The Hall–Kier alpha value is -2.69. The first-order valence-corrected chi connectivity index (χ1v) is 11.3. The van der Waals surface area contributed by atoms with E-state index in [1.54, 1.807) is 6.92 Å². The maximum absolute atomic E-state index is 13.4. The molecule has 1 saturated heterocycles. The van der Waals surface area contributed by atoms with Gasteiger partial charge in [0, 0.05) is 18.3 Å². The van der Waals surface area contributed by atoms with Gasteiger partial charge in [0.05, 0.1) is 15.6 Å². The van der Waals surface area contributed by atoms with E-state index in [9.17, 15) is 22.4 Å². The minimum absolute atomic E-state index is 0.00641. The molecule has 0 radical (unpaired) electrons. The predicted octanol–water partition coefficient (Wildman–Crippen LogP) is 2.91. The molecule has 2 aliphatic heterocycles. The number of hydrogen-bond donors (Lipinski definition) is 2. The van der Waals surface area contributed by atoms with Crippen molar-refractivity contribution >= 4 is 44.8 Å². The number of nitrogens with one attached hydrogen (secondary N) is 2. The van der Waals surface area contributed by atoms with Crippen LogP contribution in [0.15, 0.2) is 35.2 Å². The molecule has 0 aliphatic carbocycles. The number of ether oxygens (including phenoxy) is 1. The van der Waals surface area contributed by atoms with Gasteiger partial charge in [-0.2, -0.15) is 4.31 Å². The SMILES string of the molecule is Cc1cc2c(cc1S(=O)(=O)N1CCC[C@@H]1C(=O)Nc1ccc(F)c(Cl)c1)OCC(=O)N2. The average molecular weight is 468 g/mol. The Morgan fingerprint density at radius 1 is 1.32 bits per heavy atom. The molecule has 1 atom stereocenters. The van der Waals surface area contributed by atoms with E-state index < -0.39 is 27.8 Å². The Morgan fingerprint density at radius 2 is 2.10 bits per heavy atom. The number of carbonyl (C=O) groups excluding carboxylic acids is 2. The van der Waals surface area contributed by atoms with E-state index in [0.29, 0.717) is 24.1 Å². The summed E-state index contributed by atoms with van der Waals surface area (Å²) >= 11 is 5.75. The monoisotopic (exact) mass is 467 g/mol. The van der Waals surface area contributed by atoms with Crippen LogP contribution in [0.1, 0.15) is 18.4 Å². The summed E-state index contributed by atoms with van der Waals surface area (Å²) in [7, 11) is -4.02. The number of halogens is 2. The van der Waals surface area contributed by atoms with Crippen molar-refractivity contribution in [3.05, 3.63) is 46.7 Å². The maximum Gasteiger partial charge on any atom is 0.262 e. The van der Waals surface area contributed by atoms with Gasteiger partial charge in [0.1, 0.15) is 17.6 Å². The van der Waals surface area contributed by atoms with E-state index in [-0.39, 0.29) is 40.4 Å². The normalized spacial score (nSPS) is 18.8. The number of nitrogens with zero attached hydrogens (tertiary/aromatic N) is 1. The van der Waals surface area contributed by atoms with Crippen molar-refractivity contribution in [2.24, 2.45) is 0 Å². The number of fused-ring (bicyclic) bond motifs is 1. The zero-order valence-electron chi connectivity index (χ0n) is 16.4. The molecule has 0 spiro atoms. The number of carbonyl (C=O) groups is 2. The molecular weight excluding hydrogens is 449 g/mol. The lowest BCUT2D eigenvalue weighted by Crippen LogP contribution is -2.43. The molecule has 8 nitrogen and oxygen atoms in total. The van der Waals surface area contributed by atoms with Crippen LogP contribution in [0.4, 0.5) is 15.8 Å². The smallest absolute Gasteiger partial charge is 0.262 e. The van der Waals surface area contributed by atoms with Crippen LogP contribution < -0.4 is 15.4 Å². The minimum atomic E-state index is -4.02. The molecule has 0 unspecified atom stereocenters. The third kappa shape index (κ3) is 4.10. The molecule has 1 fully saturated rings. The van der Waals surface area contributed by atoms with E-state index in [4.69, 9.17) is 16.3 Å².